The first kappa shape index (κ1) is 17.2. The van der Waals surface area contributed by atoms with Crippen molar-refractivity contribution < 1.29 is 17.4 Å². The highest BCUT2D eigenvalue weighted by molar-refractivity contribution is 7.86. The minimum absolute atomic E-state index is 0.118. The van der Waals surface area contributed by atoms with E-state index in [4.69, 9.17) is 4.18 Å². The molecule has 0 radical (unpaired) electrons. The van der Waals surface area contributed by atoms with E-state index in [1.165, 1.54) is 0 Å². The van der Waals surface area contributed by atoms with E-state index in [1.807, 2.05) is 16.7 Å². The van der Waals surface area contributed by atoms with Crippen LogP contribution < -0.4 is 0 Å². The van der Waals surface area contributed by atoms with E-state index in [1.54, 1.807) is 24.3 Å². The molecule has 0 aromatic heterocycles. The molecule has 0 saturated carbocycles. The second kappa shape index (κ2) is 7.11. The fourth-order valence-corrected chi connectivity index (χ4v) is 3.93. The molecular formula is C17H24N2O4S. The zero-order chi connectivity index (χ0) is 17.2. The molecule has 3 rings (SSSR count). The Hall–Kier alpha value is -1.60. The lowest BCUT2D eigenvalue weighted by Gasteiger charge is -2.39. The van der Waals surface area contributed by atoms with Crippen LogP contribution in [0.2, 0.25) is 0 Å². The van der Waals surface area contributed by atoms with Crippen LogP contribution >= 0.6 is 0 Å². The van der Waals surface area contributed by atoms with Crippen LogP contribution in [-0.4, -0.2) is 57.0 Å². The van der Waals surface area contributed by atoms with Crippen molar-refractivity contribution in [2.75, 3.05) is 32.8 Å². The molecule has 2 amide bonds. The second-order valence-electron chi connectivity index (χ2n) is 6.61. The Morgan fingerprint density at radius 1 is 1.08 bits per heavy atom. The summed E-state index contributed by atoms with van der Waals surface area (Å²) >= 11 is 0. The van der Waals surface area contributed by atoms with Gasteiger partial charge in [-0.1, -0.05) is 17.7 Å². The van der Waals surface area contributed by atoms with Crippen molar-refractivity contribution in [3.63, 3.8) is 0 Å². The molecule has 2 heterocycles. The number of benzene rings is 1. The number of piperidine rings is 1. The average Bonchev–Trinajstić information content (AvgIpc) is 2.52. The summed E-state index contributed by atoms with van der Waals surface area (Å²) in [7, 11) is -3.70. The number of aryl methyl sites for hydroxylation is 1. The molecule has 1 aromatic carbocycles. The van der Waals surface area contributed by atoms with Gasteiger partial charge < -0.3 is 9.80 Å². The lowest BCUT2D eigenvalue weighted by Crippen LogP contribution is -2.51. The number of rotatable bonds is 4. The van der Waals surface area contributed by atoms with E-state index in [-0.39, 0.29) is 23.5 Å². The molecule has 2 fully saturated rings. The van der Waals surface area contributed by atoms with Gasteiger partial charge in [0, 0.05) is 26.2 Å². The highest BCUT2D eigenvalue weighted by atomic mass is 32.2. The average molecular weight is 352 g/mol. The molecule has 24 heavy (non-hydrogen) atoms. The van der Waals surface area contributed by atoms with Crippen molar-refractivity contribution in [2.24, 2.45) is 5.92 Å². The molecule has 0 spiro atoms. The summed E-state index contributed by atoms with van der Waals surface area (Å²) in [6.07, 6.45) is 2.65. The maximum absolute atomic E-state index is 12.2. The molecule has 0 aliphatic carbocycles. The third kappa shape index (κ3) is 3.89. The maximum atomic E-state index is 12.2. The van der Waals surface area contributed by atoms with Crippen LogP contribution in [0.25, 0.3) is 0 Å². The minimum Gasteiger partial charge on any atom is -0.325 e. The summed E-state index contributed by atoms with van der Waals surface area (Å²) in [5, 5.41) is 0. The van der Waals surface area contributed by atoms with Crippen molar-refractivity contribution >= 4 is 16.1 Å². The van der Waals surface area contributed by atoms with Gasteiger partial charge in [0.2, 0.25) is 0 Å². The molecule has 2 aliphatic rings. The molecule has 0 atom stereocenters. The topological polar surface area (TPSA) is 66.9 Å². The van der Waals surface area contributed by atoms with Crippen molar-refractivity contribution in [3.8, 4) is 0 Å². The Bertz CT molecular complexity index is 675. The largest absolute Gasteiger partial charge is 0.325 e. The standard InChI is InChI=1S/C17H24N2O4S/c1-14-3-5-16(6-4-14)24(21,22)23-13-15-7-11-19(12-8-15)17(20)18-9-2-10-18/h3-6,15H,2,7-13H2,1H3. The highest BCUT2D eigenvalue weighted by Crippen LogP contribution is 2.22. The lowest BCUT2D eigenvalue weighted by molar-refractivity contribution is 0.102. The van der Waals surface area contributed by atoms with Gasteiger partial charge in [-0.05, 0) is 44.2 Å². The van der Waals surface area contributed by atoms with Gasteiger partial charge >= 0.3 is 6.03 Å². The Kier molecular flexibility index (Phi) is 5.10. The normalized spacial score (nSPS) is 19.2. The van der Waals surface area contributed by atoms with Gasteiger partial charge in [-0.15, -0.1) is 0 Å². The zero-order valence-corrected chi connectivity index (χ0v) is 14.8. The van der Waals surface area contributed by atoms with E-state index in [2.05, 4.69) is 0 Å². The predicted molar refractivity (Wildman–Crippen MR) is 90.2 cm³/mol. The first-order chi connectivity index (χ1) is 11.5. The summed E-state index contributed by atoms with van der Waals surface area (Å²) in [6, 6.07) is 6.78. The molecular weight excluding hydrogens is 328 g/mol. The van der Waals surface area contributed by atoms with Crippen molar-refractivity contribution in [1.82, 2.24) is 9.80 Å². The highest BCUT2D eigenvalue weighted by Gasteiger charge is 2.29. The second-order valence-corrected chi connectivity index (χ2v) is 8.22. The van der Waals surface area contributed by atoms with Gasteiger partial charge in [0.05, 0.1) is 11.5 Å². The van der Waals surface area contributed by atoms with Gasteiger partial charge in [-0.25, -0.2) is 4.79 Å². The van der Waals surface area contributed by atoms with Crippen molar-refractivity contribution in [2.45, 2.75) is 31.1 Å². The van der Waals surface area contributed by atoms with Crippen LogP contribution in [0.4, 0.5) is 4.79 Å². The number of likely N-dealkylation sites (tertiary alicyclic amines) is 2. The van der Waals surface area contributed by atoms with Crippen LogP contribution in [0.1, 0.15) is 24.8 Å². The van der Waals surface area contributed by atoms with Crippen LogP contribution in [-0.2, 0) is 14.3 Å². The molecule has 1 aromatic rings. The first-order valence-electron chi connectivity index (χ1n) is 8.46. The van der Waals surface area contributed by atoms with E-state index in [0.717, 1.165) is 37.9 Å². The van der Waals surface area contributed by atoms with Crippen molar-refractivity contribution in [1.29, 1.82) is 0 Å². The number of hydrogen-bond donors (Lipinski definition) is 0. The molecule has 7 heteroatoms. The third-order valence-corrected chi connectivity index (χ3v) is 6.08. The molecule has 0 N–H and O–H groups in total. The van der Waals surface area contributed by atoms with Gasteiger partial charge in [0.1, 0.15) is 0 Å². The molecule has 6 nitrogen and oxygen atoms in total. The maximum Gasteiger partial charge on any atom is 0.319 e. The number of amides is 2. The Morgan fingerprint density at radius 3 is 2.21 bits per heavy atom. The number of urea groups is 1. The number of nitrogens with zero attached hydrogens (tertiary/aromatic N) is 2. The fraction of sp³-hybridized carbons (Fsp3) is 0.588. The zero-order valence-electron chi connectivity index (χ0n) is 14.0. The van der Waals surface area contributed by atoms with Crippen LogP contribution in [0, 0.1) is 12.8 Å². The van der Waals surface area contributed by atoms with Gasteiger partial charge in [0.15, 0.2) is 0 Å². The molecule has 2 aliphatic heterocycles. The lowest BCUT2D eigenvalue weighted by atomic mass is 9.98. The van der Waals surface area contributed by atoms with Gasteiger partial charge in [-0.3, -0.25) is 4.18 Å². The van der Waals surface area contributed by atoms with Crippen LogP contribution in [0.5, 0.6) is 0 Å². The third-order valence-electron chi connectivity index (χ3n) is 4.78. The molecule has 2 saturated heterocycles. The fourth-order valence-electron chi connectivity index (χ4n) is 2.96. The molecule has 0 bridgehead atoms. The summed E-state index contributed by atoms with van der Waals surface area (Å²) in [5.74, 6) is 0.172. The van der Waals surface area contributed by atoms with E-state index >= 15 is 0 Å². The number of carbonyl (C=O) groups excluding carboxylic acids is 1. The van der Waals surface area contributed by atoms with Crippen LogP contribution in [0.15, 0.2) is 29.2 Å². The molecule has 132 valence electrons. The summed E-state index contributed by atoms with van der Waals surface area (Å²) in [4.78, 5) is 16.1. The number of hydrogen-bond acceptors (Lipinski definition) is 4. The predicted octanol–water partition coefficient (Wildman–Crippen LogP) is 2.24. The summed E-state index contributed by atoms with van der Waals surface area (Å²) < 4.78 is 29.6. The quantitative estimate of drug-likeness (QED) is 0.780. The smallest absolute Gasteiger partial charge is 0.319 e. The Morgan fingerprint density at radius 2 is 1.67 bits per heavy atom. The van der Waals surface area contributed by atoms with Gasteiger partial charge in [-0.2, -0.15) is 8.42 Å². The number of carbonyl (C=O) groups is 1. The van der Waals surface area contributed by atoms with Gasteiger partial charge in [0.25, 0.3) is 10.1 Å². The Labute approximate surface area is 143 Å². The minimum atomic E-state index is -3.70. The van der Waals surface area contributed by atoms with Crippen LogP contribution in [0.3, 0.4) is 0 Å². The van der Waals surface area contributed by atoms with Crippen molar-refractivity contribution in [3.05, 3.63) is 29.8 Å². The van der Waals surface area contributed by atoms with E-state index < -0.39 is 10.1 Å². The summed E-state index contributed by atoms with van der Waals surface area (Å²) in [6.45, 7) is 5.16. The monoisotopic (exact) mass is 352 g/mol. The van der Waals surface area contributed by atoms with E-state index in [9.17, 15) is 13.2 Å². The summed E-state index contributed by atoms with van der Waals surface area (Å²) in [5.41, 5.74) is 1.01. The van der Waals surface area contributed by atoms with E-state index in [0.29, 0.717) is 13.1 Å². The molecule has 0 unspecified atom stereocenters. The SMILES string of the molecule is Cc1ccc(S(=O)(=O)OCC2CCN(C(=O)N3CCC3)CC2)cc1. The Balaban J connectivity index is 1.47. The first-order valence-corrected chi connectivity index (χ1v) is 9.86.